The predicted molar refractivity (Wildman–Crippen MR) is 111 cm³/mol. The van der Waals surface area contributed by atoms with Crippen LogP contribution in [0.4, 0.5) is 5.82 Å². The highest BCUT2D eigenvalue weighted by molar-refractivity contribution is 7.09. The van der Waals surface area contributed by atoms with Gasteiger partial charge in [-0.3, -0.25) is 14.5 Å². The molecule has 1 N–H and O–H groups in total. The van der Waals surface area contributed by atoms with Crippen molar-refractivity contribution >= 4 is 29.0 Å². The molecule has 156 valence electrons. The molecule has 0 aliphatic carbocycles. The van der Waals surface area contributed by atoms with Crippen LogP contribution in [0.15, 0.2) is 29.8 Å². The largest absolute Gasteiger partial charge is 0.378 e. The van der Waals surface area contributed by atoms with E-state index in [0.29, 0.717) is 45.2 Å². The lowest BCUT2D eigenvalue weighted by Gasteiger charge is -2.35. The summed E-state index contributed by atoms with van der Waals surface area (Å²) in [7, 11) is 0. The molecule has 2 fully saturated rings. The molecule has 4 heterocycles. The summed E-state index contributed by atoms with van der Waals surface area (Å²) in [5.41, 5.74) is 0. The minimum absolute atomic E-state index is 0.0455. The molecule has 8 nitrogen and oxygen atoms in total. The van der Waals surface area contributed by atoms with Gasteiger partial charge >= 0.3 is 0 Å². The van der Waals surface area contributed by atoms with Gasteiger partial charge in [0.25, 0.3) is 0 Å². The average molecular weight is 418 g/mol. The molecule has 2 saturated heterocycles. The summed E-state index contributed by atoms with van der Waals surface area (Å²) in [5, 5.41) is 9.31. The number of hydrogen-bond acceptors (Lipinski definition) is 6. The number of likely N-dealkylation sites (tertiary alicyclic amines) is 1. The minimum Gasteiger partial charge on any atom is -0.378 e. The van der Waals surface area contributed by atoms with Crippen LogP contribution in [0.25, 0.3) is 0 Å². The second-order valence-corrected chi connectivity index (χ2v) is 8.52. The van der Waals surface area contributed by atoms with Crippen molar-refractivity contribution in [1.29, 1.82) is 0 Å². The number of morpholine rings is 1. The van der Waals surface area contributed by atoms with E-state index in [1.807, 2.05) is 22.4 Å². The fourth-order valence-corrected chi connectivity index (χ4v) is 4.57. The molecule has 2 aliphatic heterocycles. The van der Waals surface area contributed by atoms with Crippen molar-refractivity contribution in [2.45, 2.75) is 19.4 Å². The van der Waals surface area contributed by atoms with Crippen LogP contribution in [-0.4, -0.2) is 77.3 Å². The van der Waals surface area contributed by atoms with E-state index in [1.54, 1.807) is 22.2 Å². The highest BCUT2D eigenvalue weighted by atomic mass is 32.1. The summed E-state index contributed by atoms with van der Waals surface area (Å²) in [6.07, 6.45) is 3.31. The number of piperidine rings is 1. The van der Waals surface area contributed by atoms with Crippen molar-refractivity contribution < 1.29 is 14.3 Å². The van der Waals surface area contributed by atoms with E-state index in [4.69, 9.17) is 4.74 Å². The van der Waals surface area contributed by atoms with Crippen molar-refractivity contribution in [3.63, 3.8) is 0 Å². The second kappa shape index (κ2) is 9.51. The first-order valence-electron chi connectivity index (χ1n) is 10.1. The predicted octanol–water partition coefficient (Wildman–Crippen LogP) is 1.50. The average Bonchev–Trinajstić information content (AvgIpc) is 3.41. The molecular formula is C20H27N5O3S. The number of carbonyl (C=O) groups is 2. The van der Waals surface area contributed by atoms with Gasteiger partial charge in [-0.15, -0.1) is 11.3 Å². The summed E-state index contributed by atoms with van der Waals surface area (Å²) in [6, 6.07) is 5.88. The quantitative estimate of drug-likeness (QED) is 0.771. The molecule has 2 amide bonds. The van der Waals surface area contributed by atoms with Gasteiger partial charge in [0.1, 0.15) is 5.82 Å². The number of anilines is 1. The standard InChI is InChI=1S/C20H27N5O3S/c26-19(22-18-3-6-21-25(18)14-17-2-1-13-29-17)15-23-7-4-16(5-8-23)20(27)24-9-11-28-12-10-24/h1-3,6,13,16H,4-5,7-12,14-15H2,(H,22,26). The van der Waals surface area contributed by atoms with Gasteiger partial charge in [0.2, 0.25) is 11.8 Å². The maximum absolute atomic E-state index is 12.6. The Morgan fingerprint density at radius 1 is 1.17 bits per heavy atom. The zero-order valence-electron chi connectivity index (χ0n) is 16.5. The Balaban J connectivity index is 1.23. The number of nitrogens with one attached hydrogen (secondary N) is 1. The fraction of sp³-hybridized carbons (Fsp3) is 0.550. The van der Waals surface area contributed by atoms with Crippen LogP contribution in [0.3, 0.4) is 0 Å². The van der Waals surface area contributed by atoms with Gasteiger partial charge in [0, 0.05) is 30.0 Å². The highest BCUT2D eigenvalue weighted by Gasteiger charge is 2.30. The van der Waals surface area contributed by atoms with Crippen molar-refractivity contribution in [3.8, 4) is 0 Å². The molecule has 0 radical (unpaired) electrons. The summed E-state index contributed by atoms with van der Waals surface area (Å²) >= 11 is 1.67. The number of ether oxygens (including phenoxy) is 1. The third-order valence-electron chi connectivity index (χ3n) is 5.50. The summed E-state index contributed by atoms with van der Waals surface area (Å²) in [4.78, 5) is 30.4. The summed E-state index contributed by atoms with van der Waals surface area (Å²) in [5.74, 6) is 0.978. The molecule has 0 aromatic carbocycles. The van der Waals surface area contributed by atoms with E-state index in [1.165, 1.54) is 4.88 Å². The van der Waals surface area contributed by atoms with E-state index < -0.39 is 0 Å². The number of aromatic nitrogens is 2. The molecule has 2 aromatic rings. The van der Waals surface area contributed by atoms with Gasteiger partial charge in [-0.05, 0) is 37.4 Å². The van der Waals surface area contributed by atoms with Crippen molar-refractivity contribution in [3.05, 3.63) is 34.7 Å². The molecule has 0 bridgehead atoms. The normalized spacial score (nSPS) is 18.7. The minimum atomic E-state index is -0.0455. The van der Waals surface area contributed by atoms with E-state index in [-0.39, 0.29) is 17.7 Å². The Labute approximate surface area is 174 Å². The van der Waals surface area contributed by atoms with Crippen LogP contribution in [0.2, 0.25) is 0 Å². The smallest absolute Gasteiger partial charge is 0.239 e. The lowest BCUT2D eigenvalue weighted by molar-refractivity contribution is -0.141. The monoisotopic (exact) mass is 417 g/mol. The van der Waals surface area contributed by atoms with Crippen LogP contribution in [0.5, 0.6) is 0 Å². The fourth-order valence-electron chi connectivity index (χ4n) is 3.88. The van der Waals surface area contributed by atoms with Crippen molar-refractivity contribution in [2.75, 3.05) is 51.3 Å². The number of amides is 2. The lowest BCUT2D eigenvalue weighted by Crippen LogP contribution is -2.47. The summed E-state index contributed by atoms with van der Waals surface area (Å²) < 4.78 is 7.13. The first-order chi connectivity index (χ1) is 14.2. The number of thiophene rings is 1. The lowest BCUT2D eigenvalue weighted by atomic mass is 9.95. The maximum Gasteiger partial charge on any atom is 0.239 e. The molecule has 0 atom stereocenters. The Morgan fingerprint density at radius 3 is 2.69 bits per heavy atom. The molecular weight excluding hydrogens is 390 g/mol. The zero-order chi connectivity index (χ0) is 20.1. The van der Waals surface area contributed by atoms with Crippen molar-refractivity contribution in [2.24, 2.45) is 5.92 Å². The molecule has 0 saturated carbocycles. The first-order valence-corrected chi connectivity index (χ1v) is 11.0. The highest BCUT2D eigenvalue weighted by Crippen LogP contribution is 2.20. The SMILES string of the molecule is O=C(CN1CCC(C(=O)N2CCOCC2)CC1)Nc1ccnn1Cc1cccs1. The molecule has 9 heteroatoms. The Bertz CT molecular complexity index is 808. The zero-order valence-corrected chi connectivity index (χ0v) is 17.3. The molecule has 0 spiro atoms. The number of nitrogens with zero attached hydrogens (tertiary/aromatic N) is 4. The van der Waals surface area contributed by atoms with E-state index in [2.05, 4.69) is 21.4 Å². The van der Waals surface area contributed by atoms with Gasteiger partial charge in [0.05, 0.1) is 32.5 Å². The topological polar surface area (TPSA) is 79.7 Å². The van der Waals surface area contributed by atoms with Gasteiger partial charge < -0.3 is 15.0 Å². The van der Waals surface area contributed by atoms with E-state index in [9.17, 15) is 9.59 Å². The maximum atomic E-state index is 12.6. The van der Waals surface area contributed by atoms with E-state index in [0.717, 1.165) is 25.9 Å². The van der Waals surface area contributed by atoms with Gasteiger partial charge in [-0.2, -0.15) is 5.10 Å². The Hall–Kier alpha value is -2.23. The van der Waals surface area contributed by atoms with Crippen LogP contribution in [0, 0.1) is 5.92 Å². The van der Waals surface area contributed by atoms with Gasteiger partial charge in [-0.25, -0.2) is 4.68 Å². The molecule has 29 heavy (non-hydrogen) atoms. The van der Waals surface area contributed by atoms with Crippen molar-refractivity contribution in [1.82, 2.24) is 19.6 Å². The Kier molecular flexibility index (Phi) is 6.58. The van der Waals surface area contributed by atoms with Crippen LogP contribution in [0.1, 0.15) is 17.7 Å². The van der Waals surface area contributed by atoms with Gasteiger partial charge in [0.15, 0.2) is 0 Å². The molecule has 0 unspecified atom stereocenters. The molecule has 2 aliphatic rings. The second-order valence-electron chi connectivity index (χ2n) is 7.49. The van der Waals surface area contributed by atoms with Crippen LogP contribution in [-0.2, 0) is 20.9 Å². The van der Waals surface area contributed by atoms with Crippen LogP contribution >= 0.6 is 11.3 Å². The number of rotatable bonds is 6. The first kappa shape index (κ1) is 20.1. The number of carbonyl (C=O) groups excluding carboxylic acids is 2. The number of hydrogen-bond donors (Lipinski definition) is 1. The van der Waals surface area contributed by atoms with Gasteiger partial charge in [-0.1, -0.05) is 6.07 Å². The summed E-state index contributed by atoms with van der Waals surface area (Å²) in [6.45, 7) is 5.17. The van der Waals surface area contributed by atoms with Crippen LogP contribution < -0.4 is 5.32 Å². The Morgan fingerprint density at radius 2 is 1.97 bits per heavy atom. The third-order valence-corrected chi connectivity index (χ3v) is 6.36. The van der Waals surface area contributed by atoms with E-state index >= 15 is 0 Å². The molecule has 4 rings (SSSR count). The molecule has 2 aromatic heterocycles. The third kappa shape index (κ3) is 5.23.